The van der Waals surface area contributed by atoms with Gasteiger partial charge in [0.1, 0.15) is 11.8 Å². The van der Waals surface area contributed by atoms with E-state index in [1.165, 1.54) is 11.1 Å². The monoisotopic (exact) mass is 308 g/mol. The van der Waals surface area contributed by atoms with E-state index in [1.54, 1.807) is 6.26 Å². The molecule has 0 radical (unpaired) electrons. The van der Waals surface area contributed by atoms with Crippen LogP contribution >= 0.6 is 15.9 Å². The van der Waals surface area contributed by atoms with Crippen molar-refractivity contribution in [3.05, 3.63) is 51.6 Å². The molecule has 0 bridgehead atoms. The van der Waals surface area contributed by atoms with Crippen molar-refractivity contribution in [2.45, 2.75) is 26.8 Å². The lowest BCUT2D eigenvalue weighted by atomic mass is 10.0. The van der Waals surface area contributed by atoms with E-state index >= 15 is 0 Å². The fourth-order valence-electron chi connectivity index (χ4n) is 2.06. The highest BCUT2D eigenvalue weighted by Crippen LogP contribution is 2.30. The van der Waals surface area contributed by atoms with E-state index in [0.717, 1.165) is 22.5 Å². The van der Waals surface area contributed by atoms with E-state index in [0.29, 0.717) is 0 Å². The van der Waals surface area contributed by atoms with Crippen LogP contribution in [0.25, 0.3) is 0 Å². The summed E-state index contributed by atoms with van der Waals surface area (Å²) in [6.45, 7) is 7.06. The van der Waals surface area contributed by atoms with Crippen LogP contribution in [0.4, 0.5) is 0 Å². The third-order valence-electron chi connectivity index (χ3n) is 2.84. The Labute approximate surface area is 116 Å². The molecule has 96 valence electrons. The van der Waals surface area contributed by atoms with E-state index in [1.807, 2.05) is 12.3 Å². The van der Waals surface area contributed by atoms with Crippen LogP contribution in [0.3, 0.4) is 0 Å². The van der Waals surface area contributed by atoms with Gasteiger partial charge >= 0.3 is 0 Å². The predicted octanol–water partition coefficient (Wildman–Crippen LogP) is 3.75. The molecule has 1 N–H and O–H groups in total. The number of aryl methyl sites for hydroxylation is 2. The van der Waals surface area contributed by atoms with E-state index in [2.05, 4.69) is 53.1 Å². The second-order valence-corrected chi connectivity index (χ2v) is 5.19. The van der Waals surface area contributed by atoms with Crippen LogP contribution < -0.4 is 5.32 Å². The lowest BCUT2D eigenvalue weighted by Crippen LogP contribution is -2.23. The lowest BCUT2D eigenvalue weighted by Gasteiger charge is -2.18. The zero-order valence-corrected chi connectivity index (χ0v) is 12.4. The van der Waals surface area contributed by atoms with Crippen molar-refractivity contribution in [3.63, 3.8) is 0 Å². The van der Waals surface area contributed by atoms with Crippen molar-refractivity contribution in [2.75, 3.05) is 6.54 Å². The summed E-state index contributed by atoms with van der Waals surface area (Å²) in [5.74, 6) is 0.872. The highest BCUT2D eigenvalue weighted by atomic mass is 79.9. The Morgan fingerprint density at radius 2 is 2.22 bits per heavy atom. The van der Waals surface area contributed by atoms with Crippen LogP contribution in [0.15, 0.2) is 33.5 Å². The molecule has 0 saturated heterocycles. The molecule has 0 aliphatic carbocycles. The van der Waals surface area contributed by atoms with Gasteiger partial charge in [0.25, 0.3) is 0 Å². The van der Waals surface area contributed by atoms with Gasteiger partial charge in [-0.2, -0.15) is 0 Å². The maximum absolute atomic E-state index is 5.57. The molecule has 2 aromatic heterocycles. The minimum absolute atomic E-state index is 0.0139. The average Bonchev–Trinajstić information content (AvgIpc) is 2.73. The minimum Gasteiger partial charge on any atom is -0.466 e. The summed E-state index contributed by atoms with van der Waals surface area (Å²) in [6.07, 6.45) is 3.58. The normalized spacial score (nSPS) is 12.7. The highest BCUT2D eigenvalue weighted by molar-refractivity contribution is 9.10. The molecular formula is C14H17BrN2O. The molecule has 2 aromatic rings. The van der Waals surface area contributed by atoms with Gasteiger partial charge in [-0.05, 0) is 53.5 Å². The largest absolute Gasteiger partial charge is 0.466 e. The summed E-state index contributed by atoms with van der Waals surface area (Å²) < 4.78 is 6.54. The molecule has 0 aliphatic rings. The summed E-state index contributed by atoms with van der Waals surface area (Å²) in [5.41, 5.74) is 3.35. The fourth-order valence-corrected chi connectivity index (χ4v) is 2.49. The number of hydrogen-bond donors (Lipinski definition) is 1. The van der Waals surface area contributed by atoms with Crippen LogP contribution in [0.2, 0.25) is 0 Å². The zero-order chi connectivity index (χ0) is 13.1. The van der Waals surface area contributed by atoms with Gasteiger partial charge < -0.3 is 9.73 Å². The molecule has 0 amide bonds. The topological polar surface area (TPSA) is 38.1 Å². The Morgan fingerprint density at radius 3 is 2.78 bits per heavy atom. The Balaban J connectivity index is 2.45. The first kappa shape index (κ1) is 13.3. The molecule has 0 saturated carbocycles. The number of furan rings is 1. The lowest BCUT2D eigenvalue weighted by molar-refractivity contribution is 0.444. The van der Waals surface area contributed by atoms with Crippen molar-refractivity contribution < 1.29 is 4.42 Å². The number of aromatic nitrogens is 1. The summed E-state index contributed by atoms with van der Waals surface area (Å²) >= 11 is 3.51. The second kappa shape index (κ2) is 5.67. The molecule has 18 heavy (non-hydrogen) atoms. The summed E-state index contributed by atoms with van der Waals surface area (Å²) in [6, 6.07) is 4.03. The first-order valence-corrected chi connectivity index (χ1v) is 6.82. The number of nitrogens with zero attached hydrogens (tertiary/aromatic N) is 1. The first-order chi connectivity index (χ1) is 8.63. The SMILES string of the molecule is CCNC(c1ncc(C)cc1C)c1occc1Br. The molecular weight excluding hydrogens is 292 g/mol. The van der Waals surface area contributed by atoms with Crippen LogP contribution in [0.5, 0.6) is 0 Å². The van der Waals surface area contributed by atoms with Gasteiger partial charge in [-0.3, -0.25) is 4.98 Å². The number of hydrogen-bond acceptors (Lipinski definition) is 3. The molecule has 0 aliphatic heterocycles. The molecule has 4 heteroatoms. The van der Waals surface area contributed by atoms with Gasteiger partial charge in [0.15, 0.2) is 0 Å². The Bertz CT molecular complexity index is 536. The van der Waals surface area contributed by atoms with Crippen molar-refractivity contribution in [1.29, 1.82) is 0 Å². The van der Waals surface area contributed by atoms with E-state index in [9.17, 15) is 0 Å². The number of rotatable bonds is 4. The second-order valence-electron chi connectivity index (χ2n) is 4.34. The molecule has 1 atom stereocenters. The Morgan fingerprint density at radius 1 is 1.44 bits per heavy atom. The quantitative estimate of drug-likeness (QED) is 0.934. The molecule has 2 heterocycles. The summed E-state index contributed by atoms with van der Waals surface area (Å²) in [7, 11) is 0. The Kier molecular flexibility index (Phi) is 4.19. The summed E-state index contributed by atoms with van der Waals surface area (Å²) in [4.78, 5) is 4.55. The van der Waals surface area contributed by atoms with Gasteiger partial charge in [0.2, 0.25) is 0 Å². The third-order valence-corrected chi connectivity index (χ3v) is 3.50. The van der Waals surface area contributed by atoms with Gasteiger partial charge in [-0.1, -0.05) is 13.0 Å². The number of nitrogens with one attached hydrogen (secondary N) is 1. The fraction of sp³-hybridized carbons (Fsp3) is 0.357. The molecule has 2 rings (SSSR count). The van der Waals surface area contributed by atoms with Crippen molar-refractivity contribution in [3.8, 4) is 0 Å². The molecule has 1 unspecified atom stereocenters. The van der Waals surface area contributed by atoms with E-state index in [4.69, 9.17) is 4.42 Å². The number of pyridine rings is 1. The first-order valence-electron chi connectivity index (χ1n) is 6.03. The predicted molar refractivity (Wildman–Crippen MR) is 75.6 cm³/mol. The third kappa shape index (κ3) is 2.65. The average molecular weight is 309 g/mol. The molecule has 3 nitrogen and oxygen atoms in total. The highest BCUT2D eigenvalue weighted by Gasteiger charge is 2.22. The zero-order valence-electron chi connectivity index (χ0n) is 10.8. The van der Waals surface area contributed by atoms with Gasteiger partial charge in [-0.25, -0.2) is 0 Å². The van der Waals surface area contributed by atoms with Crippen molar-refractivity contribution in [1.82, 2.24) is 10.3 Å². The number of halogens is 1. The molecule has 0 fully saturated rings. The Hall–Kier alpha value is -1.13. The van der Waals surface area contributed by atoms with Gasteiger partial charge in [0.05, 0.1) is 16.4 Å². The van der Waals surface area contributed by atoms with Gasteiger partial charge in [0, 0.05) is 6.20 Å². The maximum atomic E-state index is 5.57. The van der Waals surface area contributed by atoms with E-state index in [-0.39, 0.29) is 6.04 Å². The van der Waals surface area contributed by atoms with E-state index < -0.39 is 0 Å². The maximum Gasteiger partial charge on any atom is 0.140 e. The summed E-state index contributed by atoms with van der Waals surface area (Å²) in [5, 5.41) is 3.42. The van der Waals surface area contributed by atoms with Gasteiger partial charge in [-0.15, -0.1) is 0 Å². The van der Waals surface area contributed by atoms with Crippen LogP contribution in [0.1, 0.15) is 35.5 Å². The standard InChI is InChI=1S/C14H17BrN2O/c1-4-16-13(14-11(15)5-6-18-14)12-10(3)7-9(2)8-17-12/h5-8,13,16H,4H2,1-3H3. The molecule has 0 spiro atoms. The van der Waals surface area contributed by atoms with Crippen molar-refractivity contribution in [2.24, 2.45) is 0 Å². The van der Waals surface area contributed by atoms with Crippen molar-refractivity contribution >= 4 is 15.9 Å². The smallest absolute Gasteiger partial charge is 0.140 e. The van der Waals surface area contributed by atoms with Crippen LogP contribution in [-0.2, 0) is 0 Å². The van der Waals surface area contributed by atoms with Crippen LogP contribution in [0, 0.1) is 13.8 Å². The van der Waals surface area contributed by atoms with Crippen LogP contribution in [-0.4, -0.2) is 11.5 Å². The molecule has 0 aromatic carbocycles. The minimum atomic E-state index is -0.0139.